The number of hydrogen-bond donors (Lipinski definition) is 1. The first-order valence-electron chi connectivity index (χ1n) is 6.81. The van der Waals surface area contributed by atoms with Crippen LogP contribution in [0.2, 0.25) is 0 Å². The first-order chi connectivity index (χ1) is 10.0. The van der Waals surface area contributed by atoms with Crippen LogP contribution in [0.5, 0.6) is 5.88 Å². The third-order valence-electron chi connectivity index (χ3n) is 3.54. The molecule has 1 aliphatic rings. The molecule has 1 fully saturated rings. The molecular formula is C13H20N4O4. The molecule has 1 aliphatic heterocycles. The molecule has 0 amide bonds. The summed E-state index contributed by atoms with van der Waals surface area (Å²) in [5, 5.41) is 9.86. The van der Waals surface area contributed by atoms with Crippen LogP contribution in [0.4, 0.5) is 0 Å². The van der Waals surface area contributed by atoms with E-state index in [2.05, 4.69) is 9.89 Å². The third kappa shape index (κ3) is 3.40. The van der Waals surface area contributed by atoms with E-state index in [4.69, 9.17) is 4.74 Å². The van der Waals surface area contributed by atoms with Crippen molar-refractivity contribution in [1.29, 1.82) is 0 Å². The maximum Gasteiger partial charge on any atom is 0.333 e. The van der Waals surface area contributed by atoms with Crippen LogP contribution in [0.15, 0.2) is 14.6 Å². The fourth-order valence-electron chi connectivity index (χ4n) is 2.15. The van der Waals surface area contributed by atoms with Gasteiger partial charge in [-0.05, 0) is 0 Å². The van der Waals surface area contributed by atoms with Crippen LogP contribution < -0.4 is 11.2 Å². The number of hydrogen-bond acceptors (Lipinski definition) is 6. The normalized spacial score (nSPS) is 16.7. The molecule has 0 spiro atoms. The lowest BCUT2D eigenvalue weighted by Gasteiger charge is -2.25. The zero-order chi connectivity index (χ0) is 15.4. The lowest BCUT2D eigenvalue weighted by Crippen LogP contribution is -2.39. The van der Waals surface area contributed by atoms with E-state index in [9.17, 15) is 14.7 Å². The van der Waals surface area contributed by atoms with Gasteiger partial charge in [0.05, 0.1) is 19.8 Å². The van der Waals surface area contributed by atoms with E-state index in [0.29, 0.717) is 6.54 Å². The molecule has 2 rings (SSSR count). The van der Waals surface area contributed by atoms with Gasteiger partial charge in [-0.25, -0.2) is 4.79 Å². The number of nitrogens with zero attached hydrogens (tertiary/aromatic N) is 4. The van der Waals surface area contributed by atoms with Crippen LogP contribution in [-0.2, 0) is 18.8 Å². The van der Waals surface area contributed by atoms with Crippen LogP contribution in [0.25, 0.3) is 0 Å². The predicted molar refractivity (Wildman–Crippen MR) is 78.3 cm³/mol. The molecule has 1 saturated heterocycles. The Bertz CT molecular complexity index is 641. The molecule has 0 aromatic carbocycles. The molecule has 0 aliphatic carbocycles. The van der Waals surface area contributed by atoms with E-state index in [1.54, 1.807) is 0 Å². The Morgan fingerprint density at radius 3 is 2.57 bits per heavy atom. The zero-order valence-electron chi connectivity index (χ0n) is 12.3. The van der Waals surface area contributed by atoms with Gasteiger partial charge in [0.25, 0.3) is 5.56 Å². The summed E-state index contributed by atoms with van der Waals surface area (Å²) in [7, 11) is 2.78. The topological polar surface area (TPSA) is 89.1 Å². The quantitative estimate of drug-likeness (QED) is 0.686. The van der Waals surface area contributed by atoms with Gasteiger partial charge in [-0.15, -0.1) is 0 Å². The average molecular weight is 296 g/mol. The molecule has 0 saturated carbocycles. The Labute approximate surface area is 121 Å². The highest BCUT2D eigenvalue weighted by molar-refractivity contribution is 5.81. The van der Waals surface area contributed by atoms with E-state index >= 15 is 0 Å². The highest BCUT2D eigenvalue weighted by Crippen LogP contribution is 2.05. The van der Waals surface area contributed by atoms with Crippen molar-refractivity contribution < 1.29 is 9.84 Å². The molecule has 0 bridgehead atoms. The minimum absolute atomic E-state index is 0.0292. The summed E-state index contributed by atoms with van der Waals surface area (Å²) < 4.78 is 7.22. The Morgan fingerprint density at radius 1 is 1.24 bits per heavy atom. The second kappa shape index (κ2) is 6.68. The van der Waals surface area contributed by atoms with Crippen LogP contribution in [-0.4, -0.2) is 64.7 Å². The fourth-order valence-corrected chi connectivity index (χ4v) is 2.15. The molecule has 2 heterocycles. The first kappa shape index (κ1) is 15.5. The zero-order valence-corrected chi connectivity index (χ0v) is 12.3. The molecule has 0 atom stereocenters. The van der Waals surface area contributed by atoms with Crippen LogP contribution in [0.1, 0.15) is 5.56 Å². The van der Waals surface area contributed by atoms with Crippen molar-refractivity contribution in [3.8, 4) is 5.88 Å². The van der Waals surface area contributed by atoms with Crippen molar-refractivity contribution >= 4 is 6.21 Å². The highest BCUT2D eigenvalue weighted by Gasteiger charge is 2.13. The number of aromatic nitrogens is 2. The lowest BCUT2D eigenvalue weighted by atomic mass is 10.3. The van der Waals surface area contributed by atoms with Crippen LogP contribution in [0.3, 0.4) is 0 Å². The van der Waals surface area contributed by atoms with Crippen molar-refractivity contribution in [2.75, 3.05) is 39.4 Å². The molecule has 8 heteroatoms. The molecule has 116 valence electrons. The van der Waals surface area contributed by atoms with Crippen molar-refractivity contribution in [1.82, 2.24) is 14.0 Å². The van der Waals surface area contributed by atoms with Gasteiger partial charge in [0.1, 0.15) is 5.56 Å². The summed E-state index contributed by atoms with van der Waals surface area (Å²) in [6, 6.07) is 0. The third-order valence-corrected chi connectivity index (χ3v) is 3.54. The van der Waals surface area contributed by atoms with Crippen molar-refractivity contribution in [2.24, 2.45) is 19.1 Å². The summed E-state index contributed by atoms with van der Waals surface area (Å²) in [5.74, 6) is -0.363. The van der Waals surface area contributed by atoms with Gasteiger partial charge in [-0.3, -0.25) is 23.8 Å². The molecule has 0 unspecified atom stereocenters. The monoisotopic (exact) mass is 296 g/mol. The van der Waals surface area contributed by atoms with Crippen molar-refractivity contribution in [3.05, 3.63) is 26.4 Å². The highest BCUT2D eigenvalue weighted by atomic mass is 16.5. The van der Waals surface area contributed by atoms with Gasteiger partial charge in [0.2, 0.25) is 5.88 Å². The number of aromatic hydroxyl groups is 1. The molecule has 21 heavy (non-hydrogen) atoms. The van der Waals surface area contributed by atoms with Crippen LogP contribution >= 0.6 is 0 Å². The average Bonchev–Trinajstić information content (AvgIpc) is 2.51. The Balaban J connectivity index is 2.07. The van der Waals surface area contributed by atoms with Gasteiger partial charge in [-0.1, -0.05) is 0 Å². The molecular weight excluding hydrogens is 276 g/mol. The van der Waals surface area contributed by atoms with Gasteiger partial charge in [0.15, 0.2) is 0 Å². The number of ether oxygens (including phenoxy) is 1. The molecule has 1 N–H and O–H groups in total. The summed E-state index contributed by atoms with van der Waals surface area (Å²) in [5.41, 5.74) is -1.09. The SMILES string of the molecule is Cn1c(O)c(C=NCCN2CCOCC2)c(=O)n(C)c1=O. The fraction of sp³-hybridized carbons (Fsp3) is 0.615. The minimum Gasteiger partial charge on any atom is -0.494 e. The van der Waals surface area contributed by atoms with Gasteiger partial charge in [0, 0.05) is 39.9 Å². The Hall–Kier alpha value is -1.93. The standard InChI is InChI=1S/C13H20N4O4/c1-15-11(18)10(12(19)16(2)13(15)20)9-14-3-4-17-5-7-21-8-6-17/h9,18H,3-8H2,1-2H3. The Kier molecular flexibility index (Phi) is 4.92. The van der Waals surface area contributed by atoms with Gasteiger partial charge >= 0.3 is 5.69 Å². The summed E-state index contributed by atoms with van der Waals surface area (Å²) >= 11 is 0. The van der Waals surface area contributed by atoms with E-state index in [0.717, 1.165) is 42.0 Å². The summed E-state index contributed by atoms with van der Waals surface area (Å²) in [6.45, 7) is 4.50. The Morgan fingerprint density at radius 2 is 1.90 bits per heavy atom. The predicted octanol–water partition coefficient (Wildman–Crippen LogP) is -1.46. The second-order valence-electron chi connectivity index (χ2n) is 4.93. The second-order valence-corrected chi connectivity index (χ2v) is 4.93. The summed E-state index contributed by atoms with van der Waals surface area (Å²) in [4.78, 5) is 29.9. The van der Waals surface area contributed by atoms with Gasteiger partial charge < -0.3 is 9.84 Å². The number of morpholine rings is 1. The largest absolute Gasteiger partial charge is 0.494 e. The van der Waals surface area contributed by atoms with Crippen molar-refractivity contribution in [2.45, 2.75) is 0 Å². The smallest absolute Gasteiger partial charge is 0.333 e. The first-order valence-corrected chi connectivity index (χ1v) is 6.81. The molecule has 1 aromatic heterocycles. The lowest BCUT2D eigenvalue weighted by molar-refractivity contribution is 0.0395. The molecule has 1 aromatic rings. The van der Waals surface area contributed by atoms with E-state index < -0.39 is 11.2 Å². The van der Waals surface area contributed by atoms with E-state index in [1.807, 2.05) is 0 Å². The van der Waals surface area contributed by atoms with E-state index in [-0.39, 0.29) is 11.4 Å². The molecule has 8 nitrogen and oxygen atoms in total. The minimum atomic E-state index is -0.567. The maximum atomic E-state index is 11.9. The van der Waals surface area contributed by atoms with Gasteiger partial charge in [-0.2, -0.15) is 0 Å². The number of aliphatic imine (C=N–C) groups is 1. The van der Waals surface area contributed by atoms with Crippen molar-refractivity contribution in [3.63, 3.8) is 0 Å². The van der Waals surface area contributed by atoms with Crippen LogP contribution in [0, 0.1) is 0 Å². The maximum absolute atomic E-state index is 11.9. The molecule has 0 radical (unpaired) electrons. The van der Waals surface area contributed by atoms with E-state index in [1.165, 1.54) is 20.3 Å². The number of rotatable bonds is 4. The summed E-state index contributed by atoms with van der Waals surface area (Å²) in [6.07, 6.45) is 1.33.